The molecule has 0 heterocycles. The monoisotopic (exact) mass is 558 g/mol. The van der Waals surface area contributed by atoms with Crippen LogP contribution in [0.2, 0.25) is 130 Å². The van der Waals surface area contributed by atoms with Crippen molar-refractivity contribution in [3.05, 3.63) is 12.3 Å². The first-order valence-electron chi connectivity index (χ1n) is 11.6. The summed E-state index contributed by atoms with van der Waals surface area (Å²) in [5.41, 5.74) is 2.08. The largest absolute Gasteiger partial charge is 0.360 e. The fourth-order valence-corrected chi connectivity index (χ4v) is 16.9. The van der Waals surface area contributed by atoms with Crippen LogP contribution in [0.4, 0.5) is 0 Å². The minimum atomic E-state index is -0.981. The Bertz CT molecular complexity index is 364. The molecule has 0 aromatic heterocycles. The van der Waals surface area contributed by atoms with Crippen molar-refractivity contribution in [3.8, 4) is 0 Å². The third-order valence-corrected chi connectivity index (χ3v) is 14.2. The second-order valence-electron chi connectivity index (χ2n) is 14.5. The highest BCUT2D eigenvalue weighted by Gasteiger charge is 2.22. The van der Waals surface area contributed by atoms with Crippen LogP contribution in [0, 0.1) is 0 Å². The van der Waals surface area contributed by atoms with E-state index in [1.54, 1.807) is 0 Å². The van der Waals surface area contributed by atoms with Gasteiger partial charge in [0.1, 0.15) is 16.5 Å². The topological polar surface area (TPSA) is 47.0 Å². The molecular weight excluding hydrogens is 485 g/mol. The predicted molar refractivity (Wildman–Crippen MR) is 183 cm³/mol. The van der Waals surface area contributed by atoms with Gasteiger partial charge >= 0.3 is 0 Å². The lowest BCUT2D eigenvalue weighted by Crippen LogP contribution is -2.55. The van der Waals surface area contributed by atoms with Crippen LogP contribution in [0.3, 0.4) is 0 Å². The first-order chi connectivity index (χ1) is 12.2. The summed E-state index contributed by atoms with van der Waals surface area (Å²) in [6.07, 6.45) is 0. The van der Waals surface area contributed by atoms with Gasteiger partial charge in [-0.05, 0) is 0 Å². The summed E-state index contributed by atoms with van der Waals surface area (Å²) >= 11 is 0. The second kappa shape index (κ2) is 21.3. The van der Waals surface area contributed by atoms with E-state index in [1.807, 2.05) is 0 Å². The van der Waals surface area contributed by atoms with Gasteiger partial charge in [0, 0.05) is 24.9 Å². The third-order valence-electron chi connectivity index (χ3n) is 2.99. The van der Waals surface area contributed by atoms with Crippen molar-refractivity contribution in [2.24, 2.45) is 0 Å². The molecule has 0 rings (SSSR count). The zero-order valence-corrected chi connectivity index (χ0v) is 31.1. The highest BCUT2D eigenvalue weighted by atomic mass is 28.4. The van der Waals surface area contributed by atoms with Crippen molar-refractivity contribution in [2.45, 2.75) is 145 Å². The molecule has 0 unspecified atom stereocenters. The first-order valence-corrected chi connectivity index (χ1v) is 33.1. The molecule has 0 radical (unpaired) electrons. The Kier molecular flexibility index (Phi) is 33.2. The number of nitrogens with one attached hydrogen (secondary N) is 1. The molecule has 0 aliphatic heterocycles. The van der Waals surface area contributed by atoms with Crippen molar-refractivity contribution >= 4 is 49.5 Å². The molecule has 8 heteroatoms. The van der Waals surface area contributed by atoms with Crippen LogP contribution in [0.25, 0.3) is 0 Å². The summed E-state index contributed by atoms with van der Waals surface area (Å²) in [5, 5.41) is 0. The van der Waals surface area contributed by atoms with Crippen LogP contribution in [0.1, 0.15) is 14.9 Å². The Labute approximate surface area is 216 Å². The molecule has 0 aliphatic rings. The maximum Gasteiger partial charge on any atom is 0.109 e. The zero-order valence-electron chi connectivity index (χ0n) is 25.0. The van der Waals surface area contributed by atoms with Gasteiger partial charge in [0.05, 0.1) is 8.07 Å². The number of hydrogen-bond acceptors (Lipinski definition) is 2. The highest BCUT2D eigenvalue weighted by molar-refractivity contribution is 6.90. The van der Waals surface area contributed by atoms with Crippen LogP contribution < -0.4 is 10.8 Å². The summed E-state index contributed by atoms with van der Waals surface area (Å²) in [6, 6.07) is 3.06. The van der Waals surface area contributed by atoms with Crippen LogP contribution in [-0.2, 0) is 0 Å². The van der Waals surface area contributed by atoms with Crippen LogP contribution >= 0.6 is 0 Å². The Morgan fingerprint density at radius 2 is 0.750 bits per heavy atom. The van der Waals surface area contributed by atoms with E-state index >= 15 is 0 Å². The molecular formula is C24H74N2Si6. The lowest BCUT2D eigenvalue weighted by Gasteiger charge is -2.28. The smallest absolute Gasteiger partial charge is 0.109 e. The molecule has 0 atom stereocenters. The Morgan fingerprint density at radius 3 is 0.781 bits per heavy atom. The predicted octanol–water partition coefficient (Wildman–Crippen LogP) is 10.5. The van der Waals surface area contributed by atoms with Crippen molar-refractivity contribution in [2.75, 3.05) is 0 Å². The van der Waals surface area contributed by atoms with Gasteiger partial charge in [0.2, 0.25) is 0 Å². The number of hydrogen-bond donors (Lipinski definition) is 2. The summed E-state index contributed by atoms with van der Waals surface area (Å²) in [5.74, 6) is 0. The molecule has 0 saturated heterocycles. The van der Waals surface area contributed by atoms with E-state index in [0.29, 0.717) is 0 Å². The summed E-state index contributed by atoms with van der Waals surface area (Å²) in [4.78, 5) is 0. The average Bonchev–Trinajstić information content (AvgIpc) is 2.30. The minimum absolute atomic E-state index is 0. The van der Waals surface area contributed by atoms with Gasteiger partial charge < -0.3 is 10.8 Å². The lowest BCUT2D eigenvalue weighted by molar-refractivity contribution is 1.27. The Morgan fingerprint density at radius 1 is 0.594 bits per heavy atom. The summed E-state index contributed by atoms with van der Waals surface area (Å²) in [6.45, 7) is 46.3. The molecule has 0 saturated carbocycles. The fraction of sp³-hybridized carbons (Fsp3) is 0.917. The van der Waals surface area contributed by atoms with E-state index in [1.165, 1.54) is 12.1 Å². The van der Waals surface area contributed by atoms with Crippen molar-refractivity contribution < 1.29 is 0 Å². The van der Waals surface area contributed by atoms with Gasteiger partial charge in [-0.25, -0.2) is 0 Å². The van der Waals surface area contributed by atoms with E-state index in [9.17, 15) is 0 Å². The van der Waals surface area contributed by atoms with Gasteiger partial charge in [-0.15, -0.1) is 12.3 Å². The van der Waals surface area contributed by atoms with Gasteiger partial charge in [0.15, 0.2) is 0 Å². The molecule has 32 heavy (non-hydrogen) atoms. The standard InChI is InChI=1S/C8H22Si2.C6H19NSi2.C5H12Si.C3H10Si.2CH4.H3N/c1-9(2,3)7-8-10(4,5)6;1-8(2,3)7-9(4,5)6;1-5-6(2,3)4;1-4(2)3;;;/h7-8H2,1-6H3;7H,1-6H3;5H,1H2,2-4H3;4H,1-3H3;2*1H4;1H3. The van der Waals surface area contributed by atoms with Crippen molar-refractivity contribution in [3.63, 3.8) is 0 Å². The first kappa shape index (κ1) is 50.0. The second-order valence-corrected chi connectivity index (χ2v) is 44.4. The van der Waals surface area contributed by atoms with E-state index in [-0.39, 0.29) is 29.8 Å². The molecule has 204 valence electrons. The third kappa shape index (κ3) is 96.6. The van der Waals surface area contributed by atoms with E-state index in [4.69, 9.17) is 0 Å². The van der Waals surface area contributed by atoms with Gasteiger partial charge in [0.25, 0.3) is 0 Å². The summed E-state index contributed by atoms with van der Waals surface area (Å²) in [7, 11) is -4.43. The number of rotatable bonds is 6. The van der Waals surface area contributed by atoms with Crippen LogP contribution in [0.15, 0.2) is 12.3 Å². The van der Waals surface area contributed by atoms with Gasteiger partial charge in [-0.1, -0.05) is 145 Å². The molecule has 0 aliphatic carbocycles. The molecule has 0 fully saturated rings. The van der Waals surface area contributed by atoms with E-state index in [0.717, 1.165) is 0 Å². The molecule has 0 bridgehead atoms. The maximum atomic E-state index is 3.74. The minimum Gasteiger partial charge on any atom is -0.360 e. The van der Waals surface area contributed by atoms with Crippen LogP contribution in [-0.4, -0.2) is 49.5 Å². The quantitative estimate of drug-likeness (QED) is 0.318. The maximum absolute atomic E-state index is 3.74. The van der Waals surface area contributed by atoms with Gasteiger partial charge in [-0.2, -0.15) is 0 Å². The SMILES string of the molecule is C.C.C=C[Si](C)(C)C.C[SiH](C)C.C[Si](C)(C)CC[Si](C)(C)C.C[Si](C)(C)N[Si](C)(C)C.N. The Balaban J connectivity index is -0.0000000528. The molecule has 0 aromatic rings. The highest BCUT2D eigenvalue weighted by Crippen LogP contribution is 2.19. The van der Waals surface area contributed by atoms with Crippen molar-refractivity contribution in [1.29, 1.82) is 0 Å². The van der Waals surface area contributed by atoms with E-state index < -0.39 is 40.7 Å². The molecule has 4 N–H and O–H groups in total. The molecule has 2 nitrogen and oxygen atoms in total. The van der Waals surface area contributed by atoms with Gasteiger partial charge in [-0.3, -0.25) is 0 Å². The van der Waals surface area contributed by atoms with Crippen LogP contribution in [0.5, 0.6) is 0 Å². The fourth-order valence-electron chi connectivity index (χ4n) is 1.88. The average molecular weight is 559 g/mol. The molecule has 0 amide bonds. The van der Waals surface area contributed by atoms with Crippen molar-refractivity contribution in [1.82, 2.24) is 10.8 Å². The normalized spacial score (nSPS) is 11.5. The summed E-state index contributed by atoms with van der Waals surface area (Å²) < 4.78 is 3.74. The lowest BCUT2D eigenvalue weighted by atomic mass is 10.9. The van der Waals surface area contributed by atoms with E-state index in [2.05, 4.69) is 135 Å². The molecule has 0 spiro atoms. The molecule has 0 aromatic carbocycles. The zero-order chi connectivity index (χ0) is 24.9. The Hall–Kier alpha value is 0.961.